The number of carboxylic acid groups (broad SMARTS) is 1. The van der Waals surface area contributed by atoms with Crippen LogP contribution in [0, 0.1) is 5.92 Å². The molecule has 27 heavy (non-hydrogen) atoms. The van der Waals surface area contributed by atoms with Crippen molar-refractivity contribution >= 4 is 12.1 Å². The second kappa shape index (κ2) is 9.22. The summed E-state index contributed by atoms with van der Waals surface area (Å²) in [5.41, 5.74) is 1.21. The molecule has 2 atom stereocenters. The molecule has 1 saturated heterocycles. The van der Waals surface area contributed by atoms with Gasteiger partial charge in [0.2, 0.25) is 0 Å². The Morgan fingerprint density at radius 1 is 1.33 bits per heavy atom. The minimum absolute atomic E-state index is 0.0443. The highest BCUT2D eigenvalue weighted by Gasteiger charge is 2.33. The van der Waals surface area contributed by atoms with Gasteiger partial charge >= 0.3 is 12.1 Å². The molecule has 0 spiro atoms. The zero-order valence-electron chi connectivity index (χ0n) is 16.8. The summed E-state index contributed by atoms with van der Waals surface area (Å²) in [4.78, 5) is 25.8. The first-order chi connectivity index (χ1) is 12.8. The molecule has 1 fully saturated rings. The van der Waals surface area contributed by atoms with E-state index in [1.807, 2.05) is 12.1 Å². The lowest BCUT2D eigenvalue weighted by Gasteiger charge is -2.35. The minimum atomic E-state index is -1.07. The molecular weight excluding hydrogens is 344 g/mol. The second-order valence-corrected chi connectivity index (χ2v) is 7.95. The maximum absolute atomic E-state index is 12.2. The Kier molecular flexibility index (Phi) is 7.25. The molecule has 0 aromatic heterocycles. The Morgan fingerprint density at radius 3 is 2.70 bits per heavy atom. The number of aliphatic carboxylic acids is 1. The van der Waals surface area contributed by atoms with Crippen molar-refractivity contribution in [1.82, 2.24) is 10.2 Å². The number of hydrogen-bond donors (Lipinski definition) is 2. The lowest BCUT2D eigenvalue weighted by atomic mass is 9.74. The van der Waals surface area contributed by atoms with Gasteiger partial charge in [0.1, 0.15) is 11.8 Å². The Bertz CT molecular complexity index is 661. The number of carbonyl (C=O) groups is 2. The lowest BCUT2D eigenvalue weighted by molar-refractivity contribution is -0.140. The summed E-state index contributed by atoms with van der Waals surface area (Å²) in [7, 11) is 2.15. The smallest absolute Gasteiger partial charge is 0.413 e. The van der Waals surface area contributed by atoms with Crippen LogP contribution in [0.1, 0.15) is 52.0 Å². The van der Waals surface area contributed by atoms with Crippen LogP contribution < -0.4 is 10.1 Å². The van der Waals surface area contributed by atoms with Crippen molar-refractivity contribution in [2.45, 2.75) is 57.9 Å². The molecule has 0 radical (unpaired) electrons. The molecule has 2 rings (SSSR count). The van der Waals surface area contributed by atoms with Crippen LogP contribution in [0.5, 0.6) is 5.75 Å². The standard InChI is InChI=1S/C21H32N2O4/c1-5-21(11-6-7-12-23(4)14-21)16-9-8-10-17(13-16)27-20(26)22-18(15(2)3)19(24)25/h8-10,13,15,18H,5-7,11-12,14H2,1-4H3,(H,22,26)(H,24,25)/t18-,21?/m0/s1. The van der Waals surface area contributed by atoms with E-state index in [0.717, 1.165) is 25.9 Å². The number of likely N-dealkylation sites (tertiary alicyclic amines) is 1. The number of likely N-dealkylation sites (N-methyl/N-ethyl adjacent to an activating group) is 1. The average molecular weight is 376 g/mol. The van der Waals surface area contributed by atoms with Crippen molar-refractivity contribution in [1.29, 1.82) is 0 Å². The van der Waals surface area contributed by atoms with E-state index in [9.17, 15) is 14.7 Å². The number of nitrogens with zero attached hydrogens (tertiary/aromatic N) is 1. The summed E-state index contributed by atoms with van der Waals surface area (Å²) < 4.78 is 5.40. The van der Waals surface area contributed by atoms with Gasteiger partial charge in [0.25, 0.3) is 0 Å². The first kappa shape index (κ1) is 21.2. The molecule has 1 amide bonds. The van der Waals surface area contributed by atoms with Crippen LogP contribution in [-0.4, -0.2) is 48.2 Å². The third-order valence-corrected chi connectivity index (χ3v) is 5.56. The van der Waals surface area contributed by atoms with E-state index < -0.39 is 18.1 Å². The van der Waals surface area contributed by atoms with Crippen LogP contribution in [-0.2, 0) is 10.2 Å². The number of amides is 1. The van der Waals surface area contributed by atoms with Gasteiger partial charge in [-0.15, -0.1) is 0 Å². The van der Waals surface area contributed by atoms with E-state index in [1.165, 1.54) is 18.4 Å². The predicted molar refractivity (Wildman–Crippen MR) is 105 cm³/mol. The third-order valence-electron chi connectivity index (χ3n) is 5.56. The molecular formula is C21H32N2O4. The summed E-state index contributed by atoms with van der Waals surface area (Å²) >= 11 is 0. The van der Waals surface area contributed by atoms with Gasteiger partial charge in [-0.2, -0.15) is 0 Å². The number of ether oxygens (including phenoxy) is 1. The molecule has 1 aromatic rings. The number of benzene rings is 1. The van der Waals surface area contributed by atoms with Gasteiger partial charge < -0.3 is 20.1 Å². The van der Waals surface area contributed by atoms with Gasteiger partial charge in [0, 0.05) is 12.0 Å². The number of carboxylic acids is 1. The number of hydrogen-bond acceptors (Lipinski definition) is 4. The Hall–Kier alpha value is -2.08. The fraction of sp³-hybridized carbons (Fsp3) is 0.619. The van der Waals surface area contributed by atoms with E-state index in [-0.39, 0.29) is 11.3 Å². The topological polar surface area (TPSA) is 78.9 Å². The van der Waals surface area contributed by atoms with E-state index >= 15 is 0 Å². The lowest BCUT2D eigenvalue weighted by Crippen LogP contribution is -2.45. The molecule has 1 aliphatic heterocycles. The molecule has 0 saturated carbocycles. The van der Waals surface area contributed by atoms with Gasteiger partial charge in [0.05, 0.1) is 0 Å². The number of nitrogens with one attached hydrogen (secondary N) is 1. The summed E-state index contributed by atoms with van der Waals surface area (Å²) in [5.74, 6) is -0.856. The van der Waals surface area contributed by atoms with Crippen molar-refractivity contribution in [3.63, 3.8) is 0 Å². The summed E-state index contributed by atoms with van der Waals surface area (Å²) in [6.07, 6.45) is 3.76. The Balaban J connectivity index is 2.16. The Labute approximate surface area is 161 Å². The molecule has 0 bridgehead atoms. The number of carbonyl (C=O) groups excluding carboxylic acids is 1. The quantitative estimate of drug-likeness (QED) is 0.792. The Morgan fingerprint density at radius 2 is 2.07 bits per heavy atom. The van der Waals surface area contributed by atoms with Gasteiger partial charge in [0.15, 0.2) is 0 Å². The highest BCUT2D eigenvalue weighted by atomic mass is 16.6. The summed E-state index contributed by atoms with van der Waals surface area (Å²) in [5, 5.41) is 11.7. The zero-order chi connectivity index (χ0) is 20.0. The third kappa shape index (κ3) is 5.45. The van der Waals surface area contributed by atoms with Crippen molar-refractivity contribution in [3.05, 3.63) is 29.8 Å². The maximum atomic E-state index is 12.2. The van der Waals surface area contributed by atoms with Crippen molar-refractivity contribution in [3.8, 4) is 5.75 Å². The first-order valence-electron chi connectivity index (χ1n) is 9.77. The normalized spacial score (nSPS) is 22.1. The second-order valence-electron chi connectivity index (χ2n) is 7.95. The zero-order valence-corrected chi connectivity index (χ0v) is 16.8. The average Bonchev–Trinajstić information content (AvgIpc) is 2.81. The molecule has 1 unspecified atom stereocenters. The van der Waals surface area contributed by atoms with Crippen LogP contribution in [0.3, 0.4) is 0 Å². The van der Waals surface area contributed by atoms with Crippen molar-refractivity contribution in [2.75, 3.05) is 20.1 Å². The van der Waals surface area contributed by atoms with Crippen LogP contribution in [0.15, 0.2) is 24.3 Å². The summed E-state index contributed by atoms with van der Waals surface area (Å²) in [6.45, 7) is 7.78. The molecule has 1 aromatic carbocycles. The monoisotopic (exact) mass is 376 g/mol. The van der Waals surface area contributed by atoms with E-state index in [0.29, 0.717) is 5.75 Å². The van der Waals surface area contributed by atoms with Crippen LogP contribution in [0.2, 0.25) is 0 Å². The first-order valence-corrected chi connectivity index (χ1v) is 9.77. The molecule has 150 valence electrons. The fourth-order valence-corrected chi connectivity index (χ4v) is 3.91. The largest absolute Gasteiger partial charge is 0.480 e. The van der Waals surface area contributed by atoms with Crippen molar-refractivity contribution < 1.29 is 19.4 Å². The van der Waals surface area contributed by atoms with Gasteiger partial charge in [-0.1, -0.05) is 39.3 Å². The van der Waals surface area contributed by atoms with Crippen LogP contribution in [0.25, 0.3) is 0 Å². The summed E-state index contributed by atoms with van der Waals surface area (Å²) in [6, 6.07) is 6.68. The van der Waals surface area contributed by atoms with E-state index in [1.54, 1.807) is 19.9 Å². The molecule has 1 aliphatic rings. The van der Waals surface area contributed by atoms with Gasteiger partial charge in [-0.3, -0.25) is 0 Å². The molecule has 1 heterocycles. The molecule has 6 heteroatoms. The van der Waals surface area contributed by atoms with Crippen LogP contribution in [0.4, 0.5) is 4.79 Å². The van der Waals surface area contributed by atoms with Gasteiger partial charge in [-0.25, -0.2) is 9.59 Å². The SMILES string of the molecule is CCC1(c2cccc(OC(=O)N[C@H](C(=O)O)C(C)C)c2)CCCCN(C)C1. The highest BCUT2D eigenvalue weighted by Crippen LogP contribution is 2.37. The minimum Gasteiger partial charge on any atom is -0.480 e. The molecule has 0 aliphatic carbocycles. The van der Waals surface area contributed by atoms with E-state index in [4.69, 9.17) is 4.74 Å². The molecule has 2 N–H and O–H groups in total. The highest BCUT2D eigenvalue weighted by molar-refractivity contribution is 5.81. The van der Waals surface area contributed by atoms with Gasteiger partial charge in [-0.05, 0) is 56.5 Å². The predicted octanol–water partition coefficient (Wildman–Crippen LogP) is 3.65. The molecule has 6 nitrogen and oxygen atoms in total. The van der Waals surface area contributed by atoms with Crippen molar-refractivity contribution in [2.24, 2.45) is 5.92 Å². The van der Waals surface area contributed by atoms with Crippen LogP contribution >= 0.6 is 0 Å². The maximum Gasteiger partial charge on any atom is 0.413 e. The fourth-order valence-electron chi connectivity index (χ4n) is 3.91. The number of rotatable bonds is 6. The van der Waals surface area contributed by atoms with E-state index in [2.05, 4.69) is 30.3 Å².